The molecule has 0 aliphatic carbocycles. The van der Waals surface area contributed by atoms with E-state index in [0.717, 1.165) is 12.1 Å². The van der Waals surface area contributed by atoms with E-state index in [9.17, 15) is 4.79 Å². The largest absolute Gasteiger partial charge is 0.352 e. The molecule has 106 valence electrons. The minimum atomic E-state index is 0.0595. The Morgan fingerprint density at radius 2 is 2.25 bits per heavy atom. The third-order valence-corrected chi connectivity index (χ3v) is 4.02. The molecule has 0 saturated heterocycles. The molecule has 0 saturated carbocycles. The fourth-order valence-electron chi connectivity index (χ4n) is 1.78. The van der Waals surface area contributed by atoms with Crippen LogP contribution in [0.3, 0.4) is 0 Å². The first kappa shape index (κ1) is 14.7. The van der Waals surface area contributed by atoms with Crippen LogP contribution in [0.15, 0.2) is 36.0 Å². The van der Waals surface area contributed by atoms with Gasteiger partial charge in [-0.15, -0.1) is 11.3 Å². The SMILES string of the molecule is Cc1ccsc1CNCCC(=O)NCc1cccnc1. The summed E-state index contributed by atoms with van der Waals surface area (Å²) in [4.78, 5) is 17.0. The molecule has 2 aromatic heterocycles. The normalized spacial score (nSPS) is 10.4. The van der Waals surface area contributed by atoms with Gasteiger partial charge in [0.2, 0.25) is 5.91 Å². The Balaban J connectivity index is 1.60. The fourth-order valence-corrected chi connectivity index (χ4v) is 2.66. The zero-order chi connectivity index (χ0) is 14.2. The van der Waals surface area contributed by atoms with Gasteiger partial charge < -0.3 is 10.6 Å². The Bertz CT molecular complexity index is 539. The van der Waals surface area contributed by atoms with Crippen LogP contribution < -0.4 is 10.6 Å². The maximum atomic E-state index is 11.7. The van der Waals surface area contributed by atoms with Crippen molar-refractivity contribution in [2.75, 3.05) is 6.54 Å². The van der Waals surface area contributed by atoms with Crippen molar-refractivity contribution in [2.45, 2.75) is 26.4 Å². The number of carbonyl (C=O) groups excluding carboxylic acids is 1. The first-order valence-electron chi connectivity index (χ1n) is 6.65. The minimum absolute atomic E-state index is 0.0595. The standard InChI is InChI=1S/C15H19N3OS/c1-12-5-8-20-14(12)11-17-7-4-15(19)18-10-13-3-2-6-16-9-13/h2-3,5-6,8-9,17H,4,7,10-11H2,1H3,(H,18,19). The molecule has 0 aromatic carbocycles. The summed E-state index contributed by atoms with van der Waals surface area (Å²) < 4.78 is 0. The van der Waals surface area contributed by atoms with Crippen molar-refractivity contribution in [3.63, 3.8) is 0 Å². The number of pyridine rings is 1. The Morgan fingerprint density at radius 3 is 2.95 bits per heavy atom. The van der Waals surface area contributed by atoms with Crippen LogP contribution in [0.4, 0.5) is 0 Å². The van der Waals surface area contributed by atoms with Gasteiger partial charge in [-0.2, -0.15) is 0 Å². The lowest BCUT2D eigenvalue weighted by Gasteiger charge is -2.06. The van der Waals surface area contributed by atoms with Crippen molar-refractivity contribution in [2.24, 2.45) is 0 Å². The molecule has 2 aromatic rings. The Labute approximate surface area is 123 Å². The maximum absolute atomic E-state index is 11.7. The summed E-state index contributed by atoms with van der Waals surface area (Å²) in [6, 6.07) is 5.93. The molecule has 0 aliphatic heterocycles. The molecule has 5 heteroatoms. The van der Waals surface area contributed by atoms with Crippen LogP contribution in [-0.2, 0) is 17.9 Å². The van der Waals surface area contributed by atoms with E-state index >= 15 is 0 Å². The molecule has 0 unspecified atom stereocenters. The summed E-state index contributed by atoms with van der Waals surface area (Å²) >= 11 is 1.75. The van der Waals surface area contributed by atoms with Crippen LogP contribution in [0, 0.1) is 6.92 Å². The second-order valence-electron chi connectivity index (χ2n) is 4.59. The Morgan fingerprint density at radius 1 is 1.35 bits per heavy atom. The highest BCUT2D eigenvalue weighted by atomic mass is 32.1. The number of rotatable bonds is 7. The van der Waals surface area contributed by atoms with E-state index in [2.05, 4.69) is 34.0 Å². The summed E-state index contributed by atoms with van der Waals surface area (Å²) in [6.07, 6.45) is 3.98. The highest BCUT2D eigenvalue weighted by Crippen LogP contribution is 2.14. The second-order valence-corrected chi connectivity index (χ2v) is 5.59. The topological polar surface area (TPSA) is 54.0 Å². The maximum Gasteiger partial charge on any atom is 0.221 e. The van der Waals surface area contributed by atoms with E-state index in [4.69, 9.17) is 0 Å². The third kappa shape index (κ3) is 4.75. The fraction of sp³-hybridized carbons (Fsp3) is 0.333. The van der Waals surface area contributed by atoms with Crippen molar-refractivity contribution in [3.05, 3.63) is 52.0 Å². The predicted molar refractivity (Wildman–Crippen MR) is 81.5 cm³/mol. The molecule has 0 spiro atoms. The first-order valence-corrected chi connectivity index (χ1v) is 7.53. The summed E-state index contributed by atoms with van der Waals surface area (Å²) in [5.41, 5.74) is 2.33. The average molecular weight is 289 g/mol. The highest BCUT2D eigenvalue weighted by molar-refractivity contribution is 7.10. The van der Waals surface area contributed by atoms with E-state index in [0.29, 0.717) is 19.5 Å². The second kappa shape index (κ2) is 7.77. The van der Waals surface area contributed by atoms with Gasteiger partial charge in [0, 0.05) is 43.3 Å². The first-order chi connectivity index (χ1) is 9.75. The number of nitrogens with one attached hydrogen (secondary N) is 2. The molecule has 2 rings (SSSR count). The molecular formula is C15H19N3OS. The molecule has 2 heterocycles. The molecule has 0 aliphatic rings. The molecular weight excluding hydrogens is 270 g/mol. The molecule has 0 fully saturated rings. The van der Waals surface area contributed by atoms with Gasteiger partial charge in [-0.1, -0.05) is 6.07 Å². The Kier molecular flexibility index (Phi) is 5.70. The smallest absolute Gasteiger partial charge is 0.221 e. The van der Waals surface area contributed by atoms with Gasteiger partial charge in [0.1, 0.15) is 0 Å². The zero-order valence-electron chi connectivity index (χ0n) is 11.6. The van der Waals surface area contributed by atoms with Gasteiger partial charge in [-0.05, 0) is 35.6 Å². The third-order valence-electron chi connectivity index (χ3n) is 3.00. The van der Waals surface area contributed by atoms with Crippen LogP contribution in [0.5, 0.6) is 0 Å². The van der Waals surface area contributed by atoms with Crippen molar-refractivity contribution in [1.29, 1.82) is 0 Å². The van der Waals surface area contributed by atoms with Gasteiger partial charge in [-0.3, -0.25) is 9.78 Å². The number of hydrogen-bond acceptors (Lipinski definition) is 4. The number of amides is 1. The van der Waals surface area contributed by atoms with Gasteiger partial charge in [0.05, 0.1) is 0 Å². The minimum Gasteiger partial charge on any atom is -0.352 e. The number of hydrogen-bond donors (Lipinski definition) is 2. The molecule has 2 N–H and O–H groups in total. The van der Waals surface area contributed by atoms with Gasteiger partial charge in [0.25, 0.3) is 0 Å². The van der Waals surface area contributed by atoms with Crippen LogP contribution in [0.2, 0.25) is 0 Å². The zero-order valence-corrected chi connectivity index (χ0v) is 12.4. The van der Waals surface area contributed by atoms with E-state index < -0.39 is 0 Å². The molecule has 0 atom stereocenters. The average Bonchev–Trinajstić information content (AvgIpc) is 2.88. The monoisotopic (exact) mass is 289 g/mol. The van der Waals surface area contributed by atoms with Gasteiger partial charge in [0.15, 0.2) is 0 Å². The number of aryl methyl sites for hydroxylation is 1. The van der Waals surface area contributed by atoms with Gasteiger partial charge in [-0.25, -0.2) is 0 Å². The predicted octanol–water partition coefficient (Wildman–Crippen LogP) is 2.25. The van der Waals surface area contributed by atoms with E-state index in [1.807, 2.05) is 12.1 Å². The summed E-state index contributed by atoms with van der Waals surface area (Å²) in [6.45, 7) is 4.17. The number of aromatic nitrogens is 1. The van der Waals surface area contributed by atoms with Crippen molar-refractivity contribution >= 4 is 17.2 Å². The number of nitrogens with zero attached hydrogens (tertiary/aromatic N) is 1. The molecule has 20 heavy (non-hydrogen) atoms. The van der Waals surface area contributed by atoms with Crippen LogP contribution in [0.1, 0.15) is 22.4 Å². The van der Waals surface area contributed by atoms with E-state index in [1.165, 1.54) is 10.4 Å². The molecule has 0 radical (unpaired) electrons. The Hall–Kier alpha value is -1.72. The summed E-state index contributed by atoms with van der Waals surface area (Å²) in [5.74, 6) is 0.0595. The van der Waals surface area contributed by atoms with Crippen molar-refractivity contribution in [1.82, 2.24) is 15.6 Å². The number of thiophene rings is 1. The van der Waals surface area contributed by atoms with E-state index in [1.54, 1.807) is 23.7 Å². The summed E-state index contributed by atoms with van der Waals surface area (Å²) in [7, 11) is 0. The van der Waals surface area contributed by atoms with Gasteiger partial charge >= 0.3 is 0 Å². The lowest BCUT2D eigenvalue weighted by Crippen LogP contribution is -2.27. The quantitative estimate of drug-likeness (QED) is 0.769. The van der Waals surface area contributed by atoms with Crippen LogP contribution in [0.25, 0.3) is 0 Å². The lowest BCUT2D eigenvalue weighted by molar-refractivity contribution is -0.121. The van der Waals surface area contributed by atoms with Crippen molar-refractivity contribution < 1.29 is 4.79 Å². The molecule has 0 bridgehead atoms. The lowest BCUT2D eigenvalue weighted by atomic mass is 10.2. The molecule has 4 nitrogen and oxygen atoms in total. The van der Waals surface area contributed by atoms with Crippen LogP contribution >= 0.6 is 11.3 Å². The highest BCUT2D eigenvalue weighted by Gasteiger charge is 2.02. The number of carbonyl (C=O) groups is 1. The summed E-state index contributed by atoms with van der Waals surface area (Å²) in [5, 5.41) is 8.27. The van der Waals surface area contributed by atoms with E-state index in [-0.39, 0.29) is 5.91 Å². The van der Waals surface area contributed by atoms with Crippen molar-refractivity contribution in [3.8, 4) is 0 Å². The molecule has 1 amide bonds. The van der Waals surface area contributed by atoms with Crippen LogP contribution in [-0.4, -0.2) is 17.4 Å².